The summed E-state index contributed by atoms with van der Waals surface area (Å²) in [4.78, 5) is 30.9. The Morgan fingerprint density at radius 2 is 2.08 bits per heavy atom. The molecule has 0 N–H and O–H groups in total. The third kappa shape index (κ3) is 1.92. The Kier molecular flexibility index (Phi) is 3.12. The first kappa shape index (κ1) is 14.4. The van der Waals surface area contributed by atoms with E-state index in [1.807, 2.05) is 0 Å². The highest BCUT2D eigenvalue weighted by Gasteiger charge is 2.28. The number of fused-ring (bicyclic) bond motifs is 3. The molecule has 3 aromatic heterocycles. The van der Waals surface area contributed by atoms with Crippen molar-refractivity contribution in [3.63, 3.8) is 0 Å². The van der Waals surface area contributed by atoms with Crippen LogP contribution in [0.15, 0.2) is 35.4 Å². The fourth-order valence-corrected chi connectivity index (χ4v) is 2.99. The molecule has 0 saturated heterocycles. The molecule has 0 atom stereocenters. The lowest BCUT2D eigenvalue weighted by molar-refractivity contribution is 0.0751. The van der Waals surface area contributed by atoms with Crippen LogP contribution in [0.5, 0.6) is 5.88 Å². The number of hydrogen-bond donors (Lipinski definition) is 0. The van der Waals surface area contributed by atoms with E-state index in [0.717, 1.165) is 0 Å². The van der Waals surface area contributed by atoms with Crippen LogP contribution < -0.4 is 10.3 Å². The van der Waals surface area contributed by atoms with Crippen molar-refractivity contribution >= 4 is 16.8 Å². The number of carbonyl (C=O) groups is 1. The molecule has 4 rings (SSSR count). The predicted octanol–water partition coefficient (Wildman–Crippen LogP) is 0.676. The van der Waals surface area contributed by atoms with Gasteiger partial charge in [0.2, 0.25) is 0 Å². The van der Waals surface area contributed by atoms with Crippen molar-refractivity contribution < 1.29 is 9.53 Å². The van der Waals surface area contributed by atoms with E-state index < -0.39 is 0 Å². The van der Waals surface area contributed by atoms with Crippen LogP contribution in [0.1, 0.15) is 10.5 Å². The topological polar surface area (TPSA) is 82.2 Å². The molecule has 8 heteroatoms. The molecule has 1 amide bonds. The highest BCUT2D eigenvalue weighted by Crippen LogP contribution is 2.27. The quantitative estimate of drug-likeness (QED) is 0.692. The van der Waals surface area contributed by atoms with Gasteiger partial charge in [-0.1, -0.05) is 0 Å². The summed E-state index contributed by atoms with van der Waals surface area (Å²) in [7, 11) is 3.24. The van der Waals surface area contributed by atoms with Gasteiger partial charge in [0, 0.05) is 26.3 Å². The number of nitrogens with zero attached hydrogens (tertiary/aromatic N) is 5. The minimum Gasteiger partial charge on any atom is -0.478 e. The van der Waals surface area contributed by atoms with E-state index >= 15 is 0 Å². The van der Waals surface area contributed by atoms with Gasteiger partial charge in [-0.15, -0.1) is 5.10 Å². The Balaban J connectivity index is 2.06. The van der Waals surface area contributed by atoms with Gasteiger partial charge in [0.25, 0.3) is 17.3 Å². The van der Waals surface area contributed by atoms with Crippen LogP contribution in [-0.2, 0) is 6.54 Å². The van der Waals surface area contributed by atoms with Crippen molar-refractivity contribution in [2.24, 2.45) is 0 Å². The van der Waals surface area contributed by atoms with Crippen molar-refractivity contribution in [1.29, 1.82) is 0 Å². The van der Waals surface area contributed by atoms with E-state index in [2.05, 4.69) is 10.1 Å². The summed E-state index contributed by atoms with van der Waals surface area (Å²) in [5, 5.41) is 4.72. The van der Waals surface area contributed by atoms with Crippen LogP contribution in [0.4, 0.5) is 0 Å². The summed E-state index contributed by atoms with van der Waals surface area (Å²) in [6, 6.07) is 5.08. The summed E-state index contributed by atoms with van der Waals surface area (Å²) < 4.78 is 8.44. The fourth-order valence-electron chi connectivity index (χ4n) is 2.99. The number of carbonyl (C=O) groups excluding carboxylic acids is 1. The van der Waals surface area contributed by atoms with E-state index in [9.17, 15) is 9.59 Å². The summed E-state index contributed by atoms with van der Waals surface area (Å²) in [6.07, 6.45) is 3.17. The molecular formula is C16H15N5O3. The maximum Gasteiger partial charge on any atom is 0.281 e. The second kappa shape index (κ2) is 5.19. The molecule has 8 nitrogen and oxygen atoms in total. The van der Waals surface area contributed by atoms with Gasteiger partial charge in [0.05, 0.1) is 24.4 Å². The van der Waals surface area contributed by atoms with E-state index in [-0.39, 0.29) is 11.5 Å². The van der Waals surface area contributed by atoms with Crippen LogP contribution in [0.25, 0.3) is 16.6 Å². The molecule has 0 bridgehead atoms. The molecular weight excluding hydrogens is 310 g/mol. The molecule has 1 aliphatic rings. The average molecular weight is 325 g/mol. The lowest BCUT2D eigenvalue weighted by Crippen LogP contribution is -2.36. The molecule has 0 aliphatic carbocycles. The fraction of sp³-hybridized carbons (Fsp3) is 0.250. The number of ether oxygens (including phenoxy) is 1. The van der Waals surface area contributed by atoms with Gasteiger partial charge in [0.15, 0.2) is 0 Å². The van der Waals surface area contributed by atoms with Gasteiger partial charge in [-0.05, 0) is 18.2 Å². The maximum absolute atomic E-state index is 12.9. The Labute approximate surface area is 136 Å². The zero-order chi connectivity index (χ0) is 16.8. The molecule has 4 heterocycles. The molecule has 0 radical (unpaired) electrons. The third-order valence-corrected chi connectivity index (χ3v) is 4.22. The van der Waals surface area contributed by atoms with Crippen LogP contribution in [-0.4, -0.2) is 50.8 Å². The number of rotatable bonds is 2. The molecule has 1 aliphatic heterocycles. The summed E-state index contributed by atoms with van der Waals surface area (Å²) in [6.45, 7) is 1.17. The van der Waals surface area contributed by atoms with Gasteiger partial charge in [0.1, 0.15) is 11.2 Å². The van der Waals surface area contributed by atoms with Gasteiger partial charge in [-0.2, -0.15) is 4.68 Å². The molecule has 122 valence electrons. The van der Waals surface area contributed by atoms with E-state index in [4.69, 9.17) is 4.74 Å². The Morgan fingerprint density at radius 1 is 1.25 bits per heavy atom. The SMILES string of the molecule is COc1nn(-c2cccnc2)c(=O)c2cc3n(c12)CCN(C)C3=O. The molecule has 0 spiro atoms. The molecule has 24 heavy (non-hydrogen) atoms. The highest BCUT2D eigenvalue weighted by molar-refractivity contribution is 6.00. The average Bonchev–Trinajstić information content (AvgIpc) is 3.00. The standard InChI is InChI=1S/C16H15N5O3/c1-19-6-7-20-12(16(19)23)8-11-13(20)14(24-2)18-21(15(11)22)10-4-3-5-17-9-10/h3-5,8-9H,6-7H2,1-2H3. The third-order valence-electron chi connectivity index (χ3n) is 4.22. The van der Waals surface area contributed by atoms with Crippen LogP contribution in [0.2, 0.25) is 0 Å². The van der Waals surface area contributed by atoms with Gasteiger partial charge >= 0.3 is 0 Å². The van der Waals surface area contributed by atoms with E-state index in [0.29, 0.717) is 41.3 Å². The van der Waals surface area contributed by atoms with E-state index in [1.165, 1.54) is 11.8 Å². The number of aromatic nitrogens is 4. The smallest absolute Gasteiger partial charge is 0.281 e. The van der Waals surface area contributed by atoms with Crippen molar-refractivity contribution in [2.75, 3.05) is 20.7 Å². The lowest BCUT2D eigenvalue weighted by Gasteiger charge is -2.24. The summed E-state index contributed by atoms with van der Waals surface area (Å²) in [5.74, 6) is 0.184. The Bertz CT molecular complexity index is 1010. The first-order chi connectivity index (χ1) is 11.6. The number of amides is 1. The van der Waals surface area contributed by atoms with Crippen LogP contribution in [0.3, 0.4) is 0 Å². The monoisotopic (exact) mass is 325 g/mol. The second-order valence-corrected chi connectivity index (χ2v) is 5.61. The number of hydrogen-bond acceptors (Lipinski definition) is 5. The highest BCUT2D eigenvalue weighted by atomic mass is 16.5. The normalized spacial score (nSPS) is 14.1. The zero-order valence-electron chi connectivity index (χ0n) is 13.3. The van der Waals surface area contributed by atoms with Gasteiger partial charge in [-0.3, -0.25) is 14.6 Å². The molecule has 0 aromatic carbocycles. The second-order valence-electron chi connectivity index (χ2n) is 5.61. The van der Waals surface area contributed by atoms with Crippen molar-refractivity contribution in [1.82, 2.24) is 24.2 Å². The number of methoxy groups -OCH3 is 1. The molecule has 0 fully saturated rings. The minimum atomic E-state index is -0.309. The zero-order valence-corrected chi connectivity index (χ0v) is 13.3. The predicted molar refractivity (Wildman–Crippen MR) is 86.6 cm³/mol. The number of pyridine rings is 1. The molecule has 0 unspecified atom stereocenters. The van der Waals surface area contributed by atoms with Crippen molar-refractivity contribution in [2.45, 2.75) is 6.54 Å². The van der Waals surface area contributed by atoms with Crippen LogP contribution in [0, 0.1) is 0 Å². The minimum absolute atomic E-state index is 0.119. The molecule has 0 saturated carbocycles. The first-order valence-corrected chi connectivity index (χ1v) is 7.48. The molecule has 3 aromatic rings. The van der Waals surface area contributed by atoms with E-state index in [1.54, 1.807) is 47.1 Å². The summed E-state index contributed by atoms with van der Waals surface area (Å²) >= 11 is 0. The summed E-state index contributed by atoms with van der Waals surface area (Å²) in [5.41, 5.74) is 1.26. The first-order valence-electron chi connectivity index (χ1n) is 7.48. The van der Waals surface area contributed by atoms with Gasteiger partial charge in [-0.25, -0.2) is 0 Å². The lowest BCUT2D eigenvalue weighted by atomic mass is 10.3. The van der Waals surface area contributed by atoms with Gasteiger partial charge < -0.3 is 14.2 Å². The maximum atomic E-state index is 12.9. The van der Waals surface area contributed by atoms with Crippen molar-refractivity contribution in [3.8, 4) is 11.6 Å². The number of likely N-dealkylation sites (N-methyl/N-ethyl adjacent to an activating group) is 1. The Morgan fingerprint density at radius 3 is 2.79 bits per heavy atom. The largest absolute Gasteiger partial charge is 0.478 e. The van der Waals surface area contributed by atoms with Crippen LogP contribution >= 0.6 is 0 Å². The van der Waals surface area contributed by atoms with Crippen molar-refractivity contribution in [3.05, 3.63) is 46.6 Å². The Hall–Kier alpha value is -3.16.